The number of benzene rings is 1. The molecule has 0 radical (unpaired) electrons. The summed E-state index contributed by atoms with van der Waals surface area (Å²) >= 11 is 1.34. The fourth-order valence-electron chi connectivity index (χ4n) is 1.58. The van der Waals surface area contributed by atoms with Crippen molar-refractivity contribution in [2.75, 3.05) is 7.11 Å². The zero-order valence-corrected chi connectivity index (χ0v) is 11.2. The quantitative estimate of drug-likeness (QED) is 0.858. The Balaban J connectivity index is 2.41. The van der Waals surface area contributed by atoms with Crippen LogP contribution in [0.1, 0.15) is 23.1 Å². The number of ether oxygens (including phenoxy) is 1. The molecule has 0 bridgehead atoms. The molecule has 0 saturated carbocycles. The largest absolute Gasteiger partial charge is 0.496 e. The van der Waals surface area contributed by atoms with E-state index in [1.807, 2.05) is 19.1 Å². The van der Waals surface area contributed by atoms with Crippen molar-refractivity contribution in [2.24, 2.45) is 0 Å². The van der Waals surface area contributed by atoms with Crippen LogP contribution in [0.15, 0.2) is 28.3 Å². The maximum absolute atomic E-state index is 11.7. The third kappa shape index (κ3) is 2.53. The molecule has 0 aliphatic rings. The summed E-state index contributed by atoms with van der Waals surface area (Å²) in [6.07, 6.45) is 0. The molecule has 1 heterocycles. The van der Waals surface area contributed by atoms with E-state index in [-0.39, 0.29) is 5.78 Å². The normalized spacial score (nSPS) is 10.4. The third-order valence-electron chi connectivity index (χ3n) is 2.34. The lowest BCUT2D eigenvalue weighted by atomic mass is 10.1. The van der Waals surface area contributed by atoms with E-state index >= 15 is 0 Å². The maximum Gasteiger partial charge on any atom is 0.213 e. The summed E-state index contributed by atoms with van der Waals surface area (Å²) in [6, 6.07) is 5.47. The van der Waals surface area contributed by atoms with Gasteiger partial charge in [0.05, 0.1) is 12.7 Å². The molecule has 6 heteroatoms. The topological polar surface area (TPSA) is 67.9 Å². The summed E-state index contributed by atoms with van der Waals surface area (Å²) in [6.45, 7) is 3.35. The lowest BCUT2D eigenvalue weighted by Crippen LogP contribution is -1.99. The molecule has 0 atom stereocenters. The van der Waals surface area contributed by atoms with E-state index in [0.717, 1.165) is 10.7 Å². The number of aromatic nitrogens is 3. The minimum atomic E-state index is -0.0396. The molecule has 0 aliphatic carbocycles. The first kappa shape index (κ1) is 12.6. The van der Waals surface area contributed by atoms with Crippen molar-refractivity contribution in [1.29, 1.82) is 0 Å². The number of hydrogen-bond donors (Lipinski definition) is 1. The van der Waals surface area contributed by atoms with Gasteiger partial charge in [0, 0.05) is 4.90 Å². The molecule has 1 N–H and O–H groups in total. The minimum Gasteiger partial charge on any atom is -0.496 e. The molecule has 2 aromatic rings. The first-order valence-corrected chi connectivity index (χ1v) is 6.18. The average molecular weight is 263 g/mol. The Labute approximate surface area is 109 Å². The Morgan fingerprint density at radius 2 is 2.22 bits per heavy atom. The van der Waals surface area contributed by atoms with Gasteiger partial charge in [-0.15, -0.1) is 5.10 Å². The number of aryl methyl sites for hydroxylation is 1. The second-order valence-corrected chi connectivity index (χ2v) is 4.70. The van der Waals surface area contributed by atoms with Crippen LogP contribution in [0.25, 0.3) is 0 Å². The molecule has 0 aliphatic heterocycles. The lowest BCUT2D eigenvalue weighted by Gasteiger charge is -2.09. The highest BCUT2D eigenvalue weighted by atomic mass is 32.2. The third-order valence-corrected chi connectivity index (χ3v) is 3.26. The van der Waals surface area contributed by atoms with E-state index < -0.39 is 0 Å². The SMILES string of the molecule is COc1cccc(Sc2n[nH]c(C)n2)c1C(C)=O. The highest BCUT2D eigenvalue weighted by Gasteiger charge is 2.15. The molecule has 2 rings (SSSR count). The van der Waals surface area contributed by atoms with Crippen molar-refractivity contribution in [2.45, 2.75) is 23.9 Å². The zero-order chi connectivity index (χ0) is 13.1. The van der Waals surface area contributed by atoms with Crippen LogP contribution in [0.5, 0.6) is 5.75 Å². The smallest absolute Gasteiger partial charge is 0.213 e. The van der Waals surface area contributed by atoms with Crippen LogP contribution in [0.2, 0.25) is 0 Å². The predicted molar refractivity (Wildman–Crippen MR) is 68.2 cm³/mol. The standard InChI is InChI=1S/C12H13N3O2S/c1-7(16)11-9(17-3)5-4-6-10(11)18-12-13-8(2)14-15-12/h4-6H,1-3H3,(H,13,14,15). The molecule has 94 valence electrons. The highest BCUT2D eigenvalue weighted by molar-refractivity contribution is 7.99. The van der Waals surface area contributed by atoms with E-state index in [1.165, 1.54) is 18.7 Å². The van der Waals surface area contributed by atoms with Crippen molar-refractivity contribution in [1.82, 2.24) is 15.2 Å². The van der Waals surface area contributed by atoms with E-state index in [0.29, 0.717) is 16.5 Å². The van der Waals surface area contributed by atoms with Gasteiger partial charge in [0.15, 0.2) is 5.78 Å². The van der Waals surface area contributed by atoms with Crippen molar-refractivity contribution in [3.8, 4) is 5.75 Å². The van der Waals surface area contributed by atoms with E-state index in [9.17, 15) is 4.79 Å². The van der Waals surface area contributed by atoms with E-state index in [2.05, 4.69) is 15.2 Å². The molecule has 5 nitrogen and oxygen atoms in total. The number of methoxy groups -OCH3 is 1. The van der Waals surface area contributed by atoms with Crippen LogP contribution < -0.4 is 4.74 Å². The Morgan fingerprint density at radius 3 is 2.78 bits per heavy atom. The van der Waals surface area contributed by atoms with Gasteiger partial charge in [-0.1, -0.05) is 6.07 Å². The summed E-state index contributed by atoms with van der Waals surface area (Å²) in [4.78, 5) is 16.7. The summed E-state index contributed by atoms with van der Waals surface area (Å²) in [5.41, 5.74) is 0.562. The zero-order valence-electron chi connectivity index (χ0n) is 10.4. The van der Waals surface area contributed by atoms with Crippen LogP contribution in [0.4, 0.5) is 0 Å². The van der Waals surface area contributed by atoms with Gasteiger partial charge in [0.25, 0.3) is 0 Å². The number of H-pyrrole nitrogens is 1. The lowest BCUT2D eigenvalue weighted by molar-refractivity contribution is 0.101. The second-order valence-electron chi connectivity index (χ2n) is 3.70. The van der Waals surface area contributed by atoms with E-state index in [1.54, 1.807) is 13.2 Å². The Morgan fingerprint density at radius 1 is 1.44 bits per heavy atom. The highest BCUT2D eigenvalue weighted by Crippen LogP contribution is 2.33. The Bertz CT molecular complexity index is 580. The second kappa shape index (κ2) is 5.22. The number of aromatic amines is 1. The van der Waals surface area contributed by atoms with Crippen LogP contribution in [-0.2, 0) is 0 Å². The Kier molecular flexibility index (Phi) is 3.66. The van der Waals surface area contributed by atoms with Gasteiger partial charge < -0.3 is 4.74 Å². The molecule has 0 amide bonds. The van der Waals surface area contributed by atoms with Gasteiger partial charge in [-0.25, -0.2) is 4.98 Å². The van der Waals surface area contributed by atoms with Crippen molar-refractivity contribution in [3.05, 3.63) is 29.6 Å². The maximum atomic E-state index is 11.7. The first-order chi connectivity index (χ1) is 8.61. The van der Waals surface area contributed by atoms with Gasteiger partial charge >= 0.3 is 0 Å². The number of hydrogen-bond acceptors (Lipinski definition) is 5. The molecule has 0 fully saturated rings. The van der Waals surface area contributed by atoms with Gasteiger partial charge in [-0.2, -0.15) is 0 Å². The van der Waals surface area contributed by atoms with Crippen molar-refractivity contribution >= 4 is 17.5 Å². The van der Waals surface area contributed by atoms with Gasteiger partial charge in [-0.3, -0.25) is 9.89 Å². The number of nitrogens with one attached hydrogen (secondary N) is 1. The van der Waals surface area contributed by atoms with Crippen LogP contribution in [0.3, 0.4) is 0 Å². The molecule has 0 spiro atoms. The summed E-state index contributed by atoms with van der Waals surface area (Å²) in [7, 11) is 1.55. The van der Waals surface area contributed by atoms with Gasteiger partial charge in [0.1, 0.15) is 11.6 Å². The van der Waals surface area contributed by atoms with Crippen LogP contribution in [0, 0.1) is 6.92 Å². The molecule has 18 heavy (non-hydrogen) atoms. The fourth-order valence-corrected chi connectivity index (χ4v) is 2.54. The number of rotatable bonds is 4. The monoisotopic (exact) mass is 263 g/mol. The van der Waals surface area contributed by atoms with Crippen LogP contribution >= 0.6 is 11.8 Å². The molecular weight excluding hydrogens is 250 g/mol. The van der Waals surface area contributed by atoms with Crippen molar-refractivity contribution in [3.63, 3.8) is 0 Å². The van der Waals surface area contributed by atoms with Gasteiger partial charge in [-0.05, 0) is 37.7 Å². The summed E-state index contributed by atoms with van der Waals surface area (Å²) < 4.78 is 5.21. The fraction of sp³-hybridized carbons (Fsp3) is 0.250. The molecule has 1 aromatic heterocycles. The molecule has 1 aromatic carbocycles. The molecule has 0 saturated heterocycles. The number of carbonyl (C=O) groups excluding carboxylic acids is 1. The van der Waals surface area contributed by atoms with Gasteiger partial charge in [0.2, 0.25) is 5.16 Å². The summed E-state index contributed by atoms with van der Waals surface area (Å²) in [5.74, 6) is 1.27. The summed E-state index contributed by atoms with van der Waals surface area (Å²) in [5, 5.41) is 7.40. The average Bonchev–Trinajstić information content (AvgIpc) is 2.74. The minimum absolute atomic E-state index is 0.0396. The van der Waals surface area contributed by atoms with E-state index in [4.69, 9.17) is 4.74 Å². The van der Waals surface area contributed by atoms with Crippen molar-refractivity contribution < 1.29 is 9.53 Å². The number of carbonyl (C=O) groups is 1. The van der Waals surface area contributed by atoms with Crippen LogP contribution in [-0.4, -0.2) is 28.1 Å². The molecule has 0 unspecified atom stereocenters. The molecular formula is C12H13N3O2S. The number of nitrogens with zero attached hydrogens (tertiary/aromatic N) is 2. The predicted octanol–water partition coefficient (Wildman–Crippen LogP) is 2.48. The number of Topliss-reactive ketones (excluding diaryl/α,β-unsaturated/α-hetero) is 1. The first-order valence-electron chi connectivity index (χ1n) is 5.36. The Hall–Kier alpha value is -1.82. The number of ketones is 1.